The molecule has 0 spiro atoms. The first kappa shape index (κ1) is 30.1. The van der Waals surface area contributed by atoms with Crippen LogP contribution in [-0.4, -0.2) is 91.6 Å². The summed E-state index contributed by atoms with van der Waals surface area (Å²) in [6.07, 6.45) is 0.939. The first-order valence-electron chi connectivity index (χ1n) is 13.1. The fourth-order valence-electron chi connectivity index (χ4n) is 4.42. The standard InChI is InChI=1S/C28H34ClFN6O5/c1-34-10-12-35(13-11-34)9-4-14-41-24-17-21(16-23(39-2)26(24)40-3)32-27-31-8-7-25(33-27)36(28(37)38)18-19-15-20(29)5-6-22(19)30/h5-8,15-17H,4,9-14,18H2,1-3H3,(H,37,38)(H,31,32,33). The van der Waals surface area contributed by atoms with Crippen LogP contribution in [0, 0.1) is 5.82 Å². The molecule has 0 bridgehead atoms. The summed E-state index contributed by atoms with van der Waals surface area (Å²) >= 11 is 5.98. The number of ether oxygens (including phenoxy) is 3. The van der Waals surface area contributed by atoms with E-state index in [1.54, 1.807) is 12.1 Å². The van der Waals surface area contributed by atoms with E-state index in [1.165, 1.54) is 44.7 Å². The number of piperazine rings is 1. The summed E-state index contributed by atoms with van der Waals surface area (Å²) in [5, 5.41) is 13.2. The van der Waals surface area contributed by atoms with Crippen molar-refractivity contribution < 1.29 is 28.5 Å². The zero-order valence-electron chi connectivity index (χ0n) is 23.3. The average Bonchev–Trinajstić information content (AvgIpc) is 2.96. The van der Waals surface area contributed by atoms with Crippen LogP contribution in [0.3, 0.4) is 0 Å². The number of hydrogen-bond acceptors (Lipinski definition) is 9. The summed E-state index contributed by atoms with van der Waals surface area (Å²) in [5.41, 5.74) is 0.652. The highest BCUT2D eigenvalue weighted by Gasteiger charge is 2.20. The molecule has 0 saturated carbocycles. The maximum absolute atomic E-state index is 14.3. The number of anilines is 3. The molecule has 0 unspecified atom stereocenters. The van der Waals surface area contributed by atoms with Crippen molar-refractivity contribution in [2.75, 3.05) is 70.8 Å². The number of likely N-dealkylation sites (N-methyl/N-ethyl adjacent to an activating group) is 1. The van der Waals surface area contributed by atoms with Crippen LogP contribution < -0.4 is 24.4 Å². The molecule has 1 aliphatic heterocycles. The van der Waals surface area contributed by atoms with Crippen LogP contribution >= 0.6 is 11.6 Å². The van der Waals surface area contributed by atoms with Gasteiger partial charge in [-0.1, -0.05) is 11.6 Å². The van der Waals surface area contributed by atoms with Crippen molar-refractivity contribution in [2.24, 2.45) is 0 Å². The van der Waals surface area contributed by atoms with Crippen LogP contribution in [0.5, 0.6) is 17.2 Å². The monoisotopic (exact) mass is 588 g/mol. The van der Waals surface area contributed by atoms with Crippen molar-refractivity contribution in [3.05, 3.63) is 59.0 Å². The summed E-state index contributed by atoms with van der Waals surface area (Å²) in [5.74, 6) is 0.963. The Labute approximate surface area is 243 Å². The van der Waals surface area contributed by atoms with E-state index in [4.69, 9.17) is 25.8 Å². The molecule has 1 aromatic heterocycles. The number of aromatic nitrogens is 2. The molecule has 1 saturated heterocycles. The van der Waals surface area contributed by atoms with Crippen LogP contribution in [0.15, 0.2) is 42.6 Å². The van der Waals surface area contributed by atoms with Crippen LogP contribution in [0.4, 0.5) is 26.6 Å². The Bertz CT molecular complexity index is 1340. The van der Waals surface area contributed by atoms with Crippen molar-refractivity contribution in [3.8, 4) is 17.2 Å². The van der Waals surface area contributed by atoms with Crippen molar-refractivity contribution in [1.82, 2.24) is 19.8 Å². The van der Waals surface area contributed by atoms with E-state index in [9.17, 15) is 14.3 Å². The topological polar surface area (TPSA) is 113 Å². The smallest absolute Gasteiger partial charge is 0.413 e. The van der Waals surface area contributed by atoms with Gasteiger partial charge in [-0.15, -0.1) is 0 Å². The lowest BCUT2D eigenvalue weighted by molar-refractivity contribution is 0.145. The van der Waals surface area contributed by atoms with E-state index in [-0.39, 0.29) is 23.9 Å². The lowest BCUT2D eigenvalue weighted by Gasteiger charge is -2.32. The van der Waals surface area contributed by atoms with Crippen molar-refractivity contribution in [1.29, 1.82) is 0 Å². The minimum absolute atomic E-state index is 0.0511. The fraction of sp³-hybridized carbons (Fsp3) is 0.393. The number of nitrogens with zero attached hydrogens (tertiary/aromatic N) is 5. The molecule has 2 heterocycles. The second kappa shape index (κ2) is 14.2. The van der Waals surface area contributed by atoms with E-state index in [2.05, 4.69) is 32.1 Å². The second-order valence-electron chi connectivity index (χ2n) is 9.52. The van der Waals surface area contributed by atoms with Gasteiger partial charge >= 0.3 is 6.09 Å². The number of methoxy groups -OCH3 is 2. The SMILES string of the molecule is COc1cc(Nc2nccc(N(Cc3cc(Cl)ccc3F)C(=O)O)n2)cc(OCCCN2CCN(C)CC2)c1OC. The van der Waals surface area contributed by atoms with Gasteiger partial charge in [-0.25, -0.2) is 14.2 Å². The second-order valence-corrected chi connectivity index (χ2v) is 9.96. The first-order chi connectivity index (χ1) is 19.8. The number of halogens is 2. The predicted octanol–water partition coefficient (Wildman–Crippen LogP) is 4.73. The molecular weight excluding hydrogens is 555 g/mol. The van der Waals surface area contributed by atoms with Crippen LogP contribution in [0.2, 0.25) is 5.02 Å². The van der Waals surface area contributed by atoms with Crippen molar-refractivity contribution in [2.45, 2.75) is 13.0 Å². The van der Waals surface area contributed by atoms with E-state index in [1.807, 2.05) is 0 Å². The van der Waals surface area contributed by atoms with Gasteiger partial charge < -0.3 is 34.4 Å². The highest BCUT2D eigenvalue weighted by atomic mass is 35.5. The lowest BCUT2D eigenvalue weighted by atomic mass is 10.2. The highest BCUT2D eigenvalue weighted by molar-refractivity contribution is 6.30. The molecule has 2 aromatic carbocycles. The Kier molecular flexibility index (Phi) is 10.4. The number of benzene rings is 2. The van der Waals surface area contributed by atoms with E-state index in [0.29, 0.717) is 34.6 Å². The third-order valence-electron chi connectivity index (χ3n) is 6.66. The van der Waals surface area contributed by atoms with Crippen molar-refractivity contribution in [3.63, 3.8) is 0 Å². The van der Waals surface area contributed by atoms with Gasteiger partial charge in [-0.2, -0.15) is 4.98 Å². The minimum atomic E-state index is -1.31. The van der Waals surface area contributed by atoms with Gasteiger partial charge in [0.1, 0.15) is 11.6 Å². The van der Waals surface area contributed by atoms with Gasteiger partial charge in [0.25, 0.3) is 0 Å². The van der Waals surface area contributed by atoms with E-state index < -0.39 is 11.9 Å². The number of rotatable bonds is 12. The summed E-state index contributed by atoms with van der Waals surface area (Å²) in [4.78, 5) is 26.3. The Morgan fingerprint density at radius 1 is 1.12 bits per heavy atom. The molecule has 11 nitrogen and oxygen atoms in total. The van der Waals surface area contributed by atoms with Crippen LogP contribution in [0.25, 0.3) is 0 Å². The largest absolute Gasteiger partial charge is 0.493 e. The molecule has 1 aliphatic rings. The summed E-state index contributed by atoms with van der Waals surface area (Å²) in [6, 6.07) is 8.82. The number of nitrogens with one attached hydrogen (secondary N) is 1. The Hall–Kier alpha value is -3.87. The van der Waals surface area contributed by atoms with Gasteiger partial charge in [0.2, 0.25) is 11.7 Å². The quantitative estimate of drug-likeness (QED) is 0.288. The molecule has 2 N–H and O–H groups in total. The molecule has 41 heavy (non-hydrogen) atoms. The molecule has 1 fully saturated rings. The molecule has 0 aliphatic carbocycles. The average molecular weight is 589 g/mol. The van der Waals surface area contributed by atoms with E-state index in [0.717, 1.165) is 44.0 Å². The van der Waals surface area contributed by atoms with Gasteiger partial charge in [0, 0.05) is 67.3 Å². The molecule has 0 atom stereocenters. The minimum Gasteiger partial charge on any atom is -0.493 e. The van der Waals surface area contributed by atoms with Gasteiger partial charge in [-0.05, 0) is 37.7 Å². The third-order valence-corrected chi connectivity index (χ3v) is 6.89. The van der Waals surface area contributed by atoms with Crippen molar-refractivity contribution >= 4 is 35.1 Å². The van der Waals surface area contributed by atoms with E-state index >= 15 is 0 Å². The van der Waals surface area contributed by atoms with Crippen LogP contribution in [0.1, 0.15) is 12.0 Å². The summed E-state index contributed by atoms with van der Waals surface area (Å²) < 4.78 is 31.5. The zero-order valence-corrected chi connectivity index (χ0v) is 24.0. The Balaban J connectivity index is 1.48. The molecule has 0 radical (unpaired) electrons. The number of amides is 1. The molecule has 13 heteroatoms. The normalized spacial score (nSPS) is 14.0. The summed E-state index contributed by atoms with van der Waals surface area (Å²) in [7, 11) is 5.19. The first-order valence-corrected chi connectivity index (χ1v) is 13.5. The summed E-state index contributed by atoms with van der Waals surface area (Å²) in [6.45, 7) is 5.33. The maximum atomic E-state index is 14.3. The van der Waals surface area contributed by atoms with Crippen LogP contribution in [-0.2, 0) is 6.54 Å². The zero-order chi connectivity index (χ0) is 29.4. The van der Waals surface area contributed by atoms with Gasteiger partial charge in [0.05, 0.1) is 27.4 Å². The molecule has 1 amide bonds. The molecule has 4 rings (SSSR count). The highest BCUT2D eigenvalue weighted by Crippen LogP contribution is 2.41. The Morgan fingerprint density at radius 3 is 2.59 bits per heavy atom. The Morgan fingerprint density at radius 2 is 1.88 bits per heavy atom. The third kappa shape index (κ3) is 8.09. The number of hydrogen-bond donors (Lipinski definition) is 2. The predicted molar refractivity (Wildman–Crippen MR) is 155 cm³/mol. The van der Waals surface area contributed by atoms with Gasteiger partial charge in [0.15, 0.2) is 11.5 Å². The molecule has 220 valence electrons. The fourth-order valence-corrected chi connectivity index (χ4v) is 4.62. The molecule has 3 aromatic rings. The molecular formula is C28H34ClFN6O5. The lowest BCUT2D eigenvalue weighted by Crippen LogP contribution is -2.44. The maximum Gasteiger partial charge on any atom is 0.413 e. The number of carboxylic acid groups (broad SMARTS) is 1. The number of carbonyl (C=O) groups is 1. The van der Waals surface area contributed by atoms with Gasteiger partial charge in [-0.3, -0.25) is 4.90 Å².